The zero-order valence-corrected chi connectivity index (χ0v) is 25.3. The Kier molecular flexibility index (Phi) is 10.8. The number of carbonyl (C=O) groups is 2. The maximum Gasteiger partial charge on any atom is 0.264 e. The van der Waals surface area contributed by atoms with Crippen LogP contribution in [-0.2, 0) is 26.2 Å². The third-order valence-electron chi connectivity index (χ3n) is 7.04. The van der Waals surface area contributed by atoms with Gasteiger partial charge in [-0.15, -0.1) is 0 Å². The minimum atomic E-state index is -4.24. The Balaban J connectivity index is 2.05. The second-order valence-corrected chi connectivity index (χ2v) is 11.7. The van der Waals surface area contributed by atoms with Crippen LogP contribution in [0.5, 0.6) is 11.5 Å². The van der Waals surface area contributed by atoms with Gasteiger partial charge in [-0.05, 0) is 62.6 Å². The summed E-state index contributed by atoms with van der Waals surface area (Å²) in [5.41, 5.74) is 2.12. The van der Waals surface area contributed by atoms with E-state index in [9.17, 15) is 18.0 Å². The van der Waals surface area contributed by atoms with E-state index in [1.54, 1.807) is 37.3 Å². The van der Waals surface area contributed by atoms with E-state index in [2.05, 4.69) is 5.32 Å². The summed E-state index contributed by atoms with van der Waals surface area (Å²) in [6.07, 6.45) is 0.732. The van der Waals surface area contributed by atoms with Crippen molar-refractivity contribution in [3.63, 3.8) is 0 Å². The van der Waals surface area contributed by atoms with E-state index in [0.717, 1.165) is 21.9 Å². The van der Waals surface area contributed by atoms with Crippen LogP contribution in [0.3, 0.4) is 0 Å². The first-order valence-electron chi connectivity index (χ1n) is 13.5. The zero-order valence-electron chi connectivity index (χ0n) is 24.5. The van der Waals surface area contributed by atoms with Crippen LogP contribution >= 0.6 is 0 Å². The molecule has 0 spiro atoms. The van der Waals surface area contributed by atoms with Gasteiger partial charge in [-0.3, -0.25) is 13.9 Å². The zero-order chi connectivity index (χ0) is 30.2. The van der Waals surface area contributed by atoms with Gasteiger partial charge >= 0.3 is 0 Å². The molecule has 0 saturated heterocycles. The SMILES string of the molecule is CC[C@@H](C)NC(=O)[C@H](C)N(Cc1ccccc1C)C(=O)CN(c1ccccc1)S(=O)(=O)c1ccc(OC)c(OC)c1. The highest BCUT2D eigenvalue weighted by molar-refractivity contribution is 7.92. The molecular formula is C31H39N3O6S. The number of aryl methyl sites for hydroxylation is 1. The van der Waals surface area contributed by atoms with Gasteiger partial charge in [-0.2, -0.15) is 0 Å². The van der Waals surface area contributed by atoms with Gasteiger partial charge in [0.1, 0.15) is 12.6 Å². The van der Waals surface area contributed by atoms with Crippen LogP contribution in [0.25, 0.3) is 0 Å². The van der Waals surface area contributed by atoms with Crippen molar-refractivity contribution in [2.75, 3.05) is 25.1 Å². The van der Waals surface area contributed by atoms with E-state index >= 15 is 0 Å². The van der Waals surface area contributed by atoms with Crippen LogP contribution < -0.4 is 19.1 Å². The summed E-state index contributed by atoms with van der Waals surface area (Å²) in [4.78, 5) is 28.6. The van der Waals surface area contributed by atoms with Crippen molar-refractivity contribution < 1.29 is 27.5 Å². The monoisotopic (exact) mass is 581 g/mol. The summed E-state index contributed by atoms with van der Waals surface area (Å²) in [7, 11) is -1.36. The number of carbonyl (C=O) groups excluding carboxylic acids is 2. The molecule has 41 heavy (non-hydrogen) atoms. The van der Waals surface area contributed by atoms with Crippen LogP contribution in [0.2, 0.25) is 0 Å². The van der Waals surface area contributed by atoms with Crippen molar-refractivity contribution in [2.24, 2.45) is 0 Å². The third kappa shape index (κ3) is 7.58. The molecule has 0 aliphatic carbocycles. The number of para-hydroxylation sites is 1. The maximum atomic E-state index is 14.0. The fraction of sp³-hybridized carbons (Fsp3) is 0.355. The number of amides is 2. The van der Waals surface area contributed by atoms with Crippen molar-refractivity contribution in [3.05, 3.63) is 83.9 Å². The number of ether oxygens (including phenoxy) is 2. The van der Waals surface area contributed by atoms with Crippen LogP contribution in [0.4, 0.5) is 5.69 Å². The van der Waals surface area contributed by atoms with Crippen LogP contribution in [0, 0.1) is 6.92 Å². The molecule has 0 aliphatic heterocycles. The molecule has 0 unspecified atom stereocenters. The van der Waals surface area contributed by atoms with Crippen molar-refractivity contribution in [1.82, 2.24) is 10.2 Å². The van der Waals surface area contributed by atoms with Crippen LogP contribution in [-0.4, -0.2) is 58.0 Å². The molecule has 3 rings (SSSR count). The Morgan fingerprint density at radius 2 is 1.54 bits per heavy atom. The average molecular weight is 582 g/mol. The Hall–Kier alpha value is -4.05. The minimum absolute atomic E-state index is 0.0696. The summed E-state index contributed by atoms with van der Waals surface area (Å²) in [6, 6.07) is 19.3. The smallest absolute Gasteiger partial charge is 0.264 e. The average Bonchev–Trinajstić information content (AvgIpc) is 2.98. The summed E-state index contributed by atoms with van der Waals surface area (Å²) in [5, 5.41) is 2.94. The number of methoxy groups -OCH3 is 2. The second-order valence-electron chi connectivity index (χ2n) is 9.81. The van der Waals surface area contributed by atoms with Crippen molar-refractivity contribution in [1.29, 1.82) is 0 Å². The van der Waals surface area contributed by atoms with Crippen molar-refractivity contribution >= 4 is 27.5 Å². The predicted octanol–water partition coefficient (Wildman–Crippen LogP) is 4.54. The first-order valence-corrected chi connectivity index (χ1v) is 14.9. The number of nitrogens with zero attached hydrogens (tertiary/aromatic N) is 2. The van der Waals surface area contributed by atoms with E-state index in [4.69, 9.17) is 9.47 Å². The maximum absolute atomic E-state index is 14.0. The molecule has 0 aliphatic rings. The molecule has 0 radical (unpaired) electrons. The lowest BCUT2D eigenvalue weighted by atomic mass is 10.1. The Morgan fingerprint density at radius 1 is 0.902 bits per heavy atom. The first-order chi connectivity index (χ1) is 19.5. The first kappa shape index (κ1) is 31.5. The van der Waals surface area contributed by atoms with Gasteiger partial charge in [0, 0.05) is 18.7 Å². The number of hydrogen-bond donors (Lipinski definition) is 1. The Bertz CT molecular complexity index is 1450. The van der Waals surface area contributed by atoms with Gasteiger partial charge in [0.25, 0.3) is 10.0 Å². The fourth-order valence-electron chi connectivity index (χ4n) is 4.25. The summed E-state index contributed by atoms with van der Waals surface area (Å²) in [5.74, 6) is -0.216. The Labute approximate surface area is 243 Å². The van der Waals surface area contributed by atoms with Gasteiger partial charge in [-0.1, -0.05) is 49.4 Å². The van der Waals surface area contributed by atoms with E-state index in [-0.39, 0.29) is 29.1 Å². The van der Waals surface area contributed by atoms with Crippen LogP contribution in [0.1, 0.15) is 38.3 Å². The van der Waals surface area contributed by atoms with Crippen molar-refractivity contribution in [2.45, 2.75) is 57.6 Å². The van der Waals surface area contributed by atoms with Gasteiger partial charge < -0.3 is 19.7 Å². The Morgan fingerprint density at radius 3 is 2.15 bits per heavy atom. The molecule has 1 N–H and O–H groups in total. The molecule has 0 aromatic heterocycles. The van der Waals surface area contributed by atoms with E-state index in [1.165, 1.54) is 37.3 Å². The molecule has 0 bridgehead atoms. The number of sulfonamides is 1. The molecule has 9 nitrogen and oxygen atoms in total. The van der Waals surface area contributed by atoms with E-state index < -0.39 is 28.5 Å². The lowest BCUT2D eigenvalue weighted by Gasteiger charge is -2.32. The highest BCUT2D eigenvalue weighted by Crippen LogP contribution is 2.32. The summed E-state index contributed by atoms with van der Waals surface area (Å²) in [6.45, 7) is 7.06. The van der Waals surface area contributed by atoms with E-state index in [0.29, 0.717) is 11.4 Å². The normalized spacial score (nSPS) is 12.6. The summed E-state index contributed by atoms with van der Waals surface area (Å²) >= 11 is 0. The van der Waals surface area contributed by atoms with Crippen LogP contribution in [0.15, 0.2) is 77.7 Å². The van der Waals surface area contributed by atoms with Gasteiger partial charge in [-0.25, -0.2) is 8.42 Å². The topological polar surface area (TPSA) is 105 Å². The second kappa shape index (κ2) is 14.0. The minimum Gasteiger partial charge on any atom is -0.493 e. The standard InChI is InChI=1S/C31H39N3O6S/c1-7-23(3)32-31(36)24(4)33(20-25-14-12-11-13-22(25)2)30(35)21-34(26-15-9-8-10-16-26)41(37,38)27-17-18-28(39-5)29(19-27)40-6/h8-19,23-24H,7,20-21H2,1-6H3,(H,32,36)/t23-,24+/m1/s1. The molecule has 10 heteroatoms. The molecule has 0 heterocycles. The molecule has 3 aromatic carbocycles. The molecule has 0 fully saturated rings. The fourth-order valence-corrected chi connectivity index (χ4v) is 5.68. The lowest BCUT2D eigenvalue weighted by Crippen LogP contribution is -2.52. The summed E-state index contributed by atoms with van der Waals surface area (Å²) < 4.78 is 39.7. The number of benzene rings is 3. The number of anilines is 1. The lowest BCUT2D eigenvalue weighted by molar-refractivity contribution is -0.139. The van der Waals surface area contributed by atoms with Gasteiger partial charge in [0.15, 0.2) is 11.5 Å². The van der Waals surface area contributed by atoms with Gasteiger partial charge in [0.2, 0.25) is 11.8 Å². The number of hydrogen-bond acceptors (Lipinski definition) is 6. The number of rotatable bonds is 13. The molecule has 0 saturated carbocycles. The quantitative estimate of drug-likeness (QED) is 0.318. The number of nitrogens with one attached hydrogen (secondary N) is 1. The molecule has 3 aromatic rings. The van der Waals surface area contributed by atoms with Gasteiger partial charge in [0.05, 0.1) is 24.8 Å². The molecule has 2 amide bonds. The highest BCUT2D eigenvalue weighted by atomic mass is 32.2. The molecule has 220 valence electrons. The molecular weight excluding hydrogens is 542 g/mol. The third-order valence-corrected chi connectivity index (χ3v) is 8.81. The predicted molar refractivity (Wildman–Crippen MR) is 160 cm³/mol. The molecule has 2 atom stereocenters. The largest absolute Gasteiger partial charge is 0.493 e. The highest BCUT2D eigenvalue weighted by Gasteiger charge is 2.33. The van der Waals surface area contributed by atoms with Crippen molar-refractivity contribution in [3.8, 4) is 11.5 Å². The van der Waals surface area contributed by atoms with E-state index in [1.807, 2.05) is 45.0 Å².